The average Bonchev–Trinajstić information content (AvgIpc) is 2.83. The first kappa shape index (κ1) is 18.1. The summed E-state index contributed by atoms with van der Waals surface area (Å²) in [5.41, 5.74) is 1.46. The molecule has 24 heavy (non-hydrogen) atoms. The van der Waals surface area contributed by atoms with Gasteiger partial charge in [0.05, 0.1) is 5.56 Å². The van der Waals surface area contributed by atoms with Gasteiger partial charge < -0.3 is 15.0 Å². The number of hydrogen-bond donors (Lipinski definition) is 2. The fourth-order valence-electron chi connectivity index (χ4n) is 1.78. The van der Waals surface area contributed by atoms with E-state index >= 15 is 0 Å². The zero-order valence-electron chi connectivity index (χ0n) is 12.7. The SMILES string of the molecule is CNC(=O)CCC1=C(C)ON(Nc2ccc(C(F)(F)F)c(Cl)n2)O1. The van der Waals surface area contributed by atoms with Crippen LogP contribution in [0.4, 0.5) is 19.0 Å². The highest BCUT2D eigenvalue weighted by atomic mass is 35.5. The van der Waals surface area contributed by atoms with Gasteiger partial charge in [0, 0.05) is 19.9 Å². The lowest BCUT2D eigenvalue weighted by atomic mass is 10.2. The number of nitrogens with zero attached hydrogens (tertiary/aromatic N) is 2. The van der Waals surface area contributed by atoms with Crippen molar-refractivity contribution in [3.63, 3.8) is 0 Å². The Morgan fingerprint density at radius 1 is 1.38 bits per heavy atom. The van der Waals surface area contributed by atoms with Gasteiger partial charge in [0.1, 0.15) is 16.3 Å². The molecule has 0 aromatic carbocycles. The van der Waals surface area contributed by atoms with E-state index in [1.165, 1.54) is 7.05 Å². The number of nitrogens with one attached hydrogen (secondary N) is 2. The van der Waals surface area contributed by atoms with E-state index < -0.39 is 16.9 Å². The number of aromatic nitrogens is 1. The molecule has 0 fully saturated rings. The molecule has 0 atom stereocenters. The second-order valence-corrected chi connectivity index (χ2v) is 5.09. The number of carbonyl (C=O) groups excluding carboxylic acids is 1. The van der Waals surface area contributed by atoms with Crippen LogP contribution in [0.15, 0.2) is 23.7 Å². The van der Waals surface area contributed by atoms with Crippen molar-refractivity contribution >= 4 is 23.3 Å². The Morgan fingerprint density at radius 2 is 2.08 bits per heavy atom. The van der Waals surface area contributed by atoms with E-state index in [1.54, 1.807) is 6.92 Å². The number of anilines is 1. The lowest BCUT2D eigenvalue weighted by Crippen LogP contribution is -2.25. The van der Waals surface area contributed by atoms with E-state index in [-0.39, 0.29) is 18.1 Å². The molecule has 7 nitrogen and oxygen atoms in total. The van der Waals surface area contributed by atoms with Crippen LogP contribution in [0.3, 0.4) is 0 Å². The second kappa shape index (κ2) is 7.14. The van der Waals surface area contributed by atoms with Gasteiger partial charge in [-0.1, -0.05) is 11.6 Å². The van der Waals surface area contributed by atoms with Crippen molar-refractivity contribution in [2.24, 2.45) is 0 Å². The summed E-state index contributed by atoms with van der Waals surface area (Å²) in [6, 6.07) is 1.87. The molecule has 0 radical (unpaired) electrons. The maximum Gasteiger partial charge on any atom is 0.419 e. The van der Waals surface area contributed by atoms with Crippen molar-refractivity contribution < 1.29 is 27.6 Å². The number of alkyl halides is 3. The Morgan fingerprint density at radius 3 is 2.67 bits per heavy atom. The summed E-state index contributed by atoms with van der Waals surface area (Å²) in [7, 11) is 1.52. The molecular formula is C13H14ClF3N4O3. The molecule has 0 saturated heterocycles. The van der Waals surface area contributed by atoms with E-state index in [0.717, 1.165) is 17.5 Å². The molecule has 1 aliphatic rings. The van der Waals surface area contributed by atoms with E-state index in [2.05, 4.69) is 15.7 Å². The second-order valence-electron chi connectivity index (χ2n) is 4.74. The van der Waals surface area contributed by atoms with Gasteiger partial charge in [0.15, 0.2) is 11.5 Å². The molecule has 11 heteroatoms. The molecule has 1 amide bonds. The minimum atomic E-state index is -4.59. The van der Waals surface area contributed by atoms with Gasteiger partial charge in [-0.3, -0.25) is 4.79 Å². The third-order valence-electron chi connectivity index (χ3n) is 3.02. The van der Waals surface area contributed by atoms with Crippen LogP contribution in [0.1, 0.15) is 25.3 Å². The molecule has 2 N–H and O–H groups in total. The predicted octanol–water partition coefficient (Wildman–Crippen LogP) is 3.02. The van der Waals surface area contributed by atoms with Crippen molar-refractivity contribution in [3.8, 4) is 0 Å². The fraction of sp³-hybridized carbons (Fsp3) is 0.385. The first-order chi connectivity index (χ1) is 11.2. The van der Waals surface area contributed by atoms with Crippen LogP contribution < -0.4 is 10.7 Å². The Bertz CT molecular complexity index is 666. The molecule has 2 rings (SSSR count). The monoisotopic (exact) mass is 366 g/mol. The van der Waals surface area contributed by atoms with Gasteiger partial charge in [-0.25, -0.2) is 10.4 Å². The number of halogens is 4. The minimum Gasteiger partial charge on any atom is -0.359 e. The van der Waals surface area contributed by atoms with Gasteiger partial charge in [-0.05, 0) is 19.1 Å². The van der Waals surface area contributed by atoms with Crippen LogP contribution in [-0.4, -0.2) is 23.3 Å². The topological polar surface area (TPSA) is 75.7 Å². The molecule has 1 aromatic rings. The van der Waals surface area contributed by atoms with Crippen molar-refractivity contribution in [2.75, 3.05) is 12.5 Å². The number of hydrazine groups is 1. The molecule has 132 valence electrons. The smallest absolute Gasteiger partial charge is 0.359 e. The molecule has 0 spiro atoms. The summed E-state index contributed by atoms with van der Waals surface area (Å²) in [5.74, 6) is 0.642. The van der Waals surface area contributed by atoms with Crippen LogP contribution in [0.25, 0.3) is 0 Å². The zero-order valence-corrected chi connectivity index (χ0v) is 13.5. The van der Waals surface area contributed by atoms with Gasteiger partial charge in [0.25, 0.3) is 0 Å². The molecule has 0 saturated carbocycles. The maximum atomic E-state index is 12.6. The molecule has 2 heterocycles. The van der Waals surface area contributed by atoms with Crippen LogP contribution in [-0.2, 0) is 20.6 Å². The van der Waals surface area contributed by atoms with E-state index in [1.807, 2.05) is 0 Å². The Labute approximate surface area is 140 Å². The highest BCUT2D eigenvalue weighted by Crippen LogP contribution is 2.34. The molecule has 0 bridgehead atoms. The maximum absolute atomic E-state index is 12.6. The number of pyridine rings is 1. The average molecular weight is 367 g/mol. The quantitative estimate of drug-likeness (QED) is 0.780. The lowest BCUT2D eigenvalue weighted by Gasteiger charge is -2.16. The van der Waals surface area contributed by atoms with E-state index in [0.29, 0.717) is 17.9 Å². The highest BCUT2D eigenvalue weighted by Gasteiger charge is 2.34. The molecule has 0 unspecified atom stereocenters. The normalized spacial score (nSPS) is 15.1. The third kappa shape index (κ3) is 4.42. The minimum absolute atomic E-state index is 0.00616. The molecular weight excluding hydrogens is 353 g/mol. The van der Waals surface area contributed by atoms with Crippen LogP contribution in [0.2, 0.25) is 5.15 Å². The number of amides is 1. The van der Waals surface area contributed by atoms with Crippen molar-refractivity contribution in [1.29, 1.82) is 0 Å². The van der Waals surface area contributed by atoms with E-state index in [9.17, 15) is 18.0 Å². The van der Waals surface area contributed by atoms with Crippen LogP contribution in [0, 0.1) is 0 Å². The molecule has 0 aliphatic carbocycles. The highest BCUT2D eigenvalue weighted by molar-refractivity contribution is 6.30. The van der Waals surface area contributed by atoms with Crippen molar-refractivity contribution in [1.82, 2.24) is 15.6 Å². The summed E-state index contributed by atoms with van der Waals surface area (Å²) >= 11 is 5.53. The van der Waals surface area contributed by atoms with Gasteiger partial charge in [-0.2, -0.15) is 13.2 Å². The van der Waals surface area contributed by atoms with Gasteiger partial charge >= 0.3 is 6.18 Å². The summed E-state index contributed by atoms with van der Waals surface area (Å²) in [6.45, 7) is 1.62. The number of rotatable bonds is 5. The molecule has 1 aromatic heterocycles. The lowest BCUT2D eigenvalue weighted by molar-refractivity contribution is -0.277. The first-order valence-corrected chi connectivity index (χ1v) is 7.15. The first-order valence-electron chi connectivity index (χ1n) is 6.77. The Balaban J connectivity index is 1.96. The van der Waals surface area contributed by atoms with Crippen LogP contribution >= 0.6 is 11.6 Å². The van der Waals surface area contributed by atoms with Gasteiger partial charge in [-0.15, -0.1) is 0 Å². The predicted molar refractivity (Wildman–Crippen MR) is 77.9 cm³/mol. The molecule has 1 aliphatic heterocycles. The fourth-order valence-corrected chi connectivity index (χ4v) is 2.04. The summed E-state index contributed by atoms with van der Waals surface area (Å²) in [5, 5.41) is 2.60. The van der Waals surface area contributed by atoms with Crippen LogP contribution in [0.5, 0.6) is 0 Å². The largest absolute Gasteiger partial charge is 0.419 e. The Hall–Kier alpha value is -2.20. The summed E-state index contributed by atoms with van der Waals surface area (Å²) < 4.78 is 37.9. The van der Waals surface area contributed by atoms with Crippen molar-refractivity contribution in [3.05, 3.63) is 34.4 Å². The number of allylic oxidation sites excluding steroid dienone is 2. The number of hydrogen-bond acceptors (Lipinski definition) is 6. The van der Waals surface area contributed by atoms with Crippen molar-refractivity contribution in [2.45, 2.75) is 25.9 Å². The summed E-state index contributed by atoms with van der Waals surface area (Å²) in [4.78, 5) is 25.3. The summed E-state index contributed by atoms with van der Waals surface area (Å²) in [6.07, 6.45) is -4.09. The zero-order chi connectivity index (χ0) is 17.9. The van der Waals surface area contributed by atoms with E-state index in [4.69, 9.17) is 21.3 Å². The van der Waals surface area contributed by atoms with Gasteiger partial charge in [0.2, 0.25) is 5.91 Å². The number of carbonyl (C=O) groups is 1. The third-order valence-corrected chi connectivity index (χ3v) is 3.31. The standard InChI is InChI=1S/C13H14ClF3N4O3/c1-7-9(4-6-11(22)18-2)24-21(23-7)20-10-5-3-8(12(14)19-10)13(15,16)17/h3,5H,4,6H2,1-2H3,(H,18,22)(H,19,20). The Kier molecular flexibility index (Phi) is 5.40.